The first kappa shape index (κ1) is 11.7. The molecule has 4 heteroatoms. The molecule has 2 rings (SSSR count). The predicted molar refractivity (Wildman–Crippen MR) is 68.5 cm³/mol. The maximum absolute atomic E-state index is 5.66. The van der Waals surface area contributed by atoms with Gasteiger partial charge in [0.05, 0.1) is 0 Å². The second-order valence-corrected chi connectivity index (χ2v) is 6.04. The van der Waals surface area contributed by atoms with E-state index in [4.69, 9.17) is 5.73 Å². The second kappa shape index (κ2) is 5.04. The number of nitrogen functional groups attached to an aromatic ring is 1. The summed E-state index contributed by atoms with van der Waals surface area (Å²) in [5.41, 5.74) is 6.61. The van der Waals surface area contributed by atoms with Gasteiger partial charge in [-0.2, -0.15) is 0 Å². The minimum Gasteiger partial charge on any atom is -0.368 e. The van der Waals surface area contributed by atoms with Crippen molar-refractivity contribution < 1.29 is 0 Å². The number of thioether (sulfide) groups is 1. The standard InChI is InChI=1S/C12H19N3S/c1-8-4-3-5-10(6-8)16-11-7-9(2)14-12(13)15-11/h7-8,10H,3-6H2,1-2H3,(H2,13,14,15). The van der Waals surface area contributed by atoms with Crippen LogP contribution < -0.4 is 5.73 Å². The van der Waals surface area contributed by atoms with Crippen molar-refractivity contribution in [1.82, 2.24) is 9.97 Å². The number of aryl methyl sites for hydroxylation is 1. The average molecular weight is 237 g/mol. The average Bonchev–Trinajstić information content (AvgIpc) is 2.15. The molecule has 3 nitrogen and oxygen atoms in total. The molecule has 0 aromatic carbocycles. The second-order valence-electron chi connectivity index (χ2n) is 4.72. The van der Waals surface area contributed by atoms with Crippen LogP contribution in [0.5, 0.6) is 0 Å². The van der Waals surface area contributed by atoms with Crippen molar-refractivity contribution in [2.75, 3.05) is 5.73 Å². The molecule has 1 heterocycles. The van der Waals surface area contributed by atoms with E-state index in [1.807, 2.05) is 24.8 Å². The molecule has 2 unspecified atom stereocenters. The van der Waals surface area contributed by atoms with Gasteiger partial charge in [-0.15, -0.1) is 11.8 Å². The highest BCUT2D eigenvalue weighted by Gasteiger charge is 2.20. The smallest absolute Gasteiger partial charge is 0.221 e. The van der Waals surface area contributed by atoms with Crippen LogP contribution in [0.25, 0.3) is 0 Å². The Morgan fingerprint density at radius 3 is 2.88 bits per heavy atom. The van der Waals surface area contributed by atoms with E-state index in [-0.39, 0.29) is 0 Å². The molecule has 0 saturated heterocycles. The molecule has 0 amide bonds. The van der Waals surface area contributed by atoms with Gasteiger partial charge in [-0.3, -0.25) is 0 Å². The van der Waals surface area contributed by atoms with Crippen LogP contribution in [0.3, 0.4) is 0 Å². The SMILES string of the molecule is Cc1cc(SC2CCCC(C)C2)nc(N)n1. The quantitative estimate of drug-likeness (QED) is 0.803. The molecule has 1 aromatic rings. The van der Waals surface area contributed by atoms with Crippen molar-refractivity contribution >= 4 is 17.7 Å². The summed E-state index contributed by atoms with van der Waals surface area (Å²) in [6.07, 6.45) is 5.33. The Bertz CT molecular complexity index is 347. The number of nitrogens with zero attached hydrogens (tertiary/aromatic N) is 2. The van der Waals surface area contributed by atoms with Crippen LogP contribution in [0.1, 0.15) is 38.3 Å². The number of nitrogens with two attached hydrogens (primary N) is 1. The van der Waals surface area contributed by atoms with Gasteiger partial charge in [-0.05, 0) is 31.7 Å². The van der Waals surface area contributed by atoms with E-state index in [0.29, 0.717) is 11.2 Å². The monoisotopic (exact) mass is 237 g/mol. The van der Waals surface area contributed by atoms with Gasteiger partial charge in [0.25, 0.3) is 0 Å². The van der Waals surface area contributed by atoms with Crippen LogP contribution in [0.2, 0.25) is 0 Å². The molecule has 2 N–H and O–H groups in total. The molecule has 1 fully saturated rings. The molecular formula is C12H19N3S. The summed E-state index contributed by atoms with van der Waals surface area (Å²) in [5.74, 6) is 1.25. The molecule has 1 aliphatic rings. The maximum atomic E-state index is 5.66. The number of rotatable bonds is 2. The van der Waals surface area contributed by atoms with Crippen LogP contribution in [-0.2, 0) is 0 Å². The van der Waals surface area contributed by atoms with E-state index in [0.717, 1.165) is 16.6 Å². The molecule has 0 spiro atoms. The first-order valence-electron chi connectivity index (χ1n) is 5.91. The Balaban J connectivity index is 2.02. The lowest BCUT2D eigenvalue weighted by Crippen LogP contribution is -2.15. The number of aromatic nitrogens is 2. The molecule has 0 aliphatic heterocycles. The van der Waals surface area contributed by atoms with Crippen molar-refractivity contribution in [3.63, 3.8) is 0 Å². The Labute approximate surface area is 101 Å². The third-order valence-electron chi connectivity index (χ3n) is 3.02. The molecule has 16 heavy (non-hydrogen) atoms. The molecule has 1 aromatic heterocycles. The van der Waals surface area contributed by atoms with E-state index in [9.17, 15) is 0 Å². The van der Waals surface area contributed by atoms with Gasteiger partial charge in [0.15, 0.2) is 0 Å². The topological polar surface area (TPSA) is 51.8 Å². The molecule has 1 aliphatic carbocycles. The highest BCUT2D eigenvalue weighted by Crippen LogP contribution is 2.35. The van der Waals surface area contributed by atoms with Crippen LogP contribution >= 0.6 is 11.8 Å². The summed E-state index contributed by atoms with van der Waals surface area (Å²) in [7, 11) is 0. The van der Waals surface area contributed by atoms with Gasteiger partial charge >= 0.3 is 0 Å². The first-order valence-corrected chi connectivity index (χ1v) is 6.79. The summed E-state index contributed by atoms with van der Waals surface area (Å²) < 4.78 is 0. The lowest BCUT2D eigenvalue weighted by atomic mass is 9.91. The number of hydrogen-bond acceptors (Lipinski definition) is 4. The van der Waals surface area contributed by atoms with E-state index in [1.165, 1.54) is 25.7 Å². The van der Waals surface area contributed by atoms with Crippen molar-refractivity contribution in [1.29, 1.82) is 0 Å². The van der Waals surface area contributed by atoms with Crippen LogP contribution in [0, 0.1) is 12.8 Å². The van der Waals surface area contributed by atoms with Gasteiger partial charge in [-0.1, -0.05) is 19.8 Å². The summed E-state index contributed by atoms with van der Waals surface area (Å²) in [6, 6.07) is 2.03. The molecule has 88 valence electrons. The van der Waals surface area contributed by atoms with Gasteiger partial charge in [0.2, 0.25) is 5.95 Å². The molecular weight excluding hydrogens is 218 g/mol. The normalized spacial score (nSPS) is 25.6. The zero-order valence-electron chi connectivity index (χ0n) is 9.94. The molecule has 1 saturated carbocycles. The van der Waals surface area contributed by atoms with Crippen LogP contribution in [-0.4, -0.2) is 15.2 Å². The highest BCUT2D eigenvalue weighted by molar-refractivity contribution is 7.99. The number of anilines is 1. The van der Waals surface area contributed by atoms with E-state index in [1.54, 1.807) is 0 Å². The largest absolute Gasteiger partial charge is 0.368 e. The van der Waals surface area contributed by atoms with Crippen LogP contribution in [0.15, 0.2) is 11.1 Å². The zero-order valence-corrected chi connectivity index (χ0v) is 10.8. The molecule has 2 atom stereocenters. The Kier molecular flexibility index (Phi) is 3.69. The third-order valence-corrected chi connectivity index (χ3v) is 4.24. The third kappa shape index (κ3) is 3.11. The summed E-state index contributed by atoms with van der Waals surface area (Å²) in [6.45, 7) is 4.30. The fraction of sp³-hybridized carbons (Fsp3) is 0.667. The molecule has 0 bridgehead atoms. The van der Waals surface area contributed by atoms with Gasteiger partial charge < -0.3 is 5.73 Å². The Hall–Kier alpha value is -0.770. The minimum atomic E-state index is 0.395. The first-order chi connectivity index (χ1) is 7.63. The summed E-state index contributed by atoms with van der Waals surface area (Å²) in [4.78, 5) is 8.38. The van der Waals surface area contributed by atoms with Crippen molar-refractivity contribution in [3.05, 3.63) is 11.8 Å². The van der Waals surface area contributed by atoms with E-state index < -0.39 is 0 Å². The fourth-order valence-corrected chi connectivity index (χ4v) is 3.71. The maximum Gasteiger partial charge on any atom is 0.221 e. The van der Waals surface area contributed by atoms with Gasteiger partial charge in [0, 0.05) is 10.9 Å². The lowest BCUT2D eigenvalue weighted by molar-refractivity contribution is 0.394. The van der Waals surface area contributed by atoms with Crippen molar-refractivity contribution in [2.45, 2.75) is 49.8 Å². The van der Waals surface area contributed by atoms with Crippen LogP contribution in [0.4, 0.5) is 5.95 Å². The Morgan fingerprint density at radius 1 is 1.38 bits per heavy atom. The van der Waals surface area contributed by atoms with Gasteiger partial charge in [-0.25, -0.2) is 9.97 Å². The van der Waals surface area contributed by atoms with E-state index >= 15 is 0 Å². The summed E-state index contributed by atoms with van der Waals surface area (Å²) >= 11 is 1.87. The predicted octanol–water partition coefficient (Wildman–Crippen LogP) is 3.04. The Morgan fingerprint density at radius 2 is 2.19 bits per heavy atom. The van der Waals surface area contributed by atoms with Crippen molar-refractivity contribution in [2.24, 2.45) is 5.92 Å². The lowest BCUT2D eigenvalue weighted by Gasteiger charge is -2.25. The van der Waals surface area contributed by atoms with E-state index in [2.05, 4.69) is 16.9 Å². The van der Waals surface area contributed by atoms with Gasteiger partial charge in [0.1, 0.15) is 5.03 Å². The van der Waals surface area contributed by atoms with Crippen molar-refractivity contribution in [3.8, 4) is 0 Å². The highest BCUT2D eigenvalue weighted by atomic mass is 32.2. The number of hydrogen-bond donors (Lipinski definition) is 1. The summed E-state index contributed by atoms with van der Waals surface area (Å²) in [5, 5.41) is 1.74. The zero-order chi connectivity index (χ0) is 11.5. The fourth-order valence-electron chi connectivity index (χ4n) is 2.28. The molecule has 0 radical (unpaired) electrons. The minimum absolute atomic E-state index is 0.395.